The molecule has 0 spiro atoms. The molecule has 1 amide bonds. The smallest absolute Gasteiger partial charge is 0.296 e. The van der Waals surface area contributed by atoms with Crippen LogP contribution < -0.4 is 4.90 Å². The summed E-state index contributed by atoms with van der Waals surface area (Å²) in [4.78, 5) is 33.2. The molecule has 1 fully saturated rings. The van der Waals surface area contributed by atoms with Gasteiger partial charge >= 0.3 is 0 Å². The van der Waals surface area contributed by atoms with Crippen molar-refractivity contribution in [3.8, 4) is 0 Å². The van der Waals surface area contributed by atoms with E-state index in [-0.39, 0.29) is 29.5 Å². The average Bonchev–Trinajstić information content (AvgIpc) is 3.25. The Kier molecular flexibility index (Phi) is 4.51. The molecule has 4 atom stereocenters. The number of aromatic nitrogens is 1. The summed E-state index contributed by atoms with van der Waals surface area (Å²) < 4.78 is 6.20. The zero-order chi connectivity index (χ0) is 20.3. The Balaban J connectivity index is 1.64. The van der Waals surface area contributed by atoms with Crippen molar-refractivity contribution >= 4 is 39.8 Å². The quantitative estimate of drug-likeness (QED) is 0.685. The molecule has 150 valence electrons. The molecule has 29 heavy (non-hydrogen) atoms. The van der Waals surface area contributed by atoms with Crippen molar-refractivity contribution in [1.29, 1.82) is 0 Å². The molecule has 1 aromatic heterocycles. The molecule has 0 N–H and O–H groups in total. The number of ketones is 1. The minimum Gasteiger partial charge on any atom is -0.483 e. The van der Waals surface area contributed by atoms with Crippen LogP contribution in [0.25, 0.3) is 0 Å². The molecule has 4 unspecified atom stereocenters. The maximum Gasteiger partial charge on any atom is 0.296 e. The number of thiazole rings is 1. The number of Topliss-reactive ketones (excluding diaryl/α,β-unsaturated/α-hetero) is 1. The summed E-state index contributed by atoms with van der Waals surface area (Å²) in [5, 5.41) is 3.09. The highest BCUT2D eigenvalue weighted by atomic mass is 35.5. The van der Waals surface area contributed by atoms with Gasteiger partial charge in [-0.3, -0.25) is 14.5 Å². The molecule has 0 saturated heterocycles. The number of carbonyl (C=O) groups is 2. The molecule has 7 heteroatoms. The second kappa shape index (κ2) is 6.96. The Bertz CT molecular complexity index is 1030. The van der Waals surface area contributed by atoms with Gasteiger partial charge in [-0.1, -0.05) is 30.7 Å². The van der Waals surface area contributed by atoms with E-state index >= 15 is 0 Å². The van der Waals surface area contributed by atoms with E-state index in [2.05, 4.69) is 11.9 Å². The van der Waals surface area contributed by atoms with Crippen molar-refractivity contribution in [1.82, 2.24) is 4.98 Å². The van der Waals surface area contributed by atoms with E-state index in [1.807, 2.05) is 24.4 Å². The summed E-state index contributed by atoms with van der Waals surface area (Å²) in [6.45, 7) is 4.07. The Morgan fingerprint density at radius 2 is 1.97 bits per heavy atom. The van der Waals surface area contributed by atoms with E-state index in [1.54, 1.807) is 17.0 Å². The lowest BCUT2D eigenvalue weighted by Gasteiger charge is -2.37. The normalized spacial score (nSPS) is 29.0. The Labute approximate surface area is 178 Å². The number of benzene rings is 1. The fourth-order valence-electron chi connectivity index (χ4n) is 4.69. The monoisotopic (exact) mass is 428 g/mol. The molecule has 1 aliphatic carbocycles. The molecule has 2 aliphatic heterocycles. The summed E-state index contributed by atoms with van der Waals surface area (Å²) in [7, 11) is 0. The number of ether oxygens (including phenoxy) is 1. The van der Waals surface area contributed by atoms with Crippen LogP contribution in [-0.4, -0.2) is 22.8 Å². The zero-order valence-corrected chi connectivity index (χ0v) is 17.8. The SMILES string of the molecule is Cc1csc(N2C(=O)C3=C(C(=O)C4CC(C)CCC4O3)C2c2ccc(Cl)cc2)n1. The average molecular weight is 429 g/mol. The molecule has 5 nitrogen and oxygen atoms in total. The highest BCUT2D eigenvalue weighted by Crippen LogP contribution is 2.49. The fourth-order valence-corrected chi connectivity index (χ4v) is 5.64. The summed E-state index contributed by atoms with van der Waals surface area (Å²) in [6.07, 6.45) is 2.42. The molecule has 0 bridgehead atoms. The van der Waals surface area contributed by atoms with Gasteiger partial charge in [0.15, 0.2) is 16.7 Å². The first-order valence-electron chi connectivity index (χ1n) is 9.90. The Morgan fingerprint density at radius 1 is 1.21 bits per heavy atom. The lowest BCUT2D eigenvalue weighted by Crippen LogP contribution is -2.41. The lowest BCUT2D eigenvalue weighted by atomic mass is 9.74. The van der Waals surface area contributed by atoms with Gasteiger partial charge in [-0.05, 0) is 49.8 Å². The first-order chi connectivity index (χ1) is 13.9. The number of fused-ring (bicyclic) bond motifs is 1. The predicted octanol–water partition coefficient (Wildman–Crippen LogP) is 4.85. The van der Waals surface area contributed by atoms with E-state index in [4.69, 9.17) is 16.3 Å². The standard InChI is InChI=1S/C22H21ClN2O3S/c1-11-3-8-16-15(9-11)19(26)17-18(13-4-6-14(23)7-5-13)25(21(27)20(17)28-16)22-24-12(2)10-29-22/h4-7,10-11,15-16,18H,3,8-9H2,1-2H3. The minimum absolute atomic E-state index is 0.0480. The number of aryl methyl sites for hydroxylation is 1. The lowest BCUT2D eigenvalue weighted by molar-refractivity contribution is -0.132. The van der Waals surface area contributed by atoms with E-state index < -0.39 is 6.04 Å². The maximum atomic E-state index is 13.6. The molecule has 1 saturated carbocycles. The number of nitrogens with zero attached hydrogens (tertiary/aromatic N) is 2. The predicted molar refractivity (Wildman–Crippen MR) is 112 cm³/mol. The van der Waals surface area contributed by atoms with Crippen LogP contribution in [-0.2, 0) is 14.3 Å². The Hall–Kier alpha value is -2.18. The van der Waals surface area contributed by atoms with Gasteiger partial charge in [0.05, 0.1) is 23.2 Å². The molecule has 5 rings (SSSR count). The number of carbonyl (C=O) groups excluding carboxylic acids is 2. The third-order valence-electron chi connectivity index (χ3n) is 6.11. The zero-order valence-electron chi connectivity index (χ0n) is 16.2. The van der Waals surface area contributed by atoms with Crippen molar-refractivity contribution in [3.63, 3.8) is 0 Å². The van der Waals surface area contributed by atoms with Gasteiger partial charge in [0.2, 0.25) is 0 Å². The molecule has 0 radical (unpaired) electrons. The topological polar surface area (TPSA) is 59.5 Å². The number of hydrogen-bond acceptors (Lipinski definition) is 5. The molecule has 1 aromatic carbocycles. The van der Waals surface area contributed by atoms with Crippen molar-refractivity contribution in [2.45, 2.75) is 45.3 Å². The van der Waals surface area contributed by atoms with Crippen LogP contribution in [0.5, 0.6) is 0 Å². The first-order valence-corrected chi connectivity index (χ1v) is 11.2. The van der Waals surface area contributed by atoms with Gasteiger partial charge in [-0.25, -0.2) is 4.98 Å². The number of hydrogen-bond donors (Lipinski definition) is 0. The molecular formula is C22H21ClN2O3S. The summed E-state index contributed by atoms with van der Waals surface area (Å²) >= 11 is 7.48. The summed E-state index contributed by atoms with van der Waals surface area (Å²) in [5.41, 5.74) is 2.15. The molecule has 3 heterocycles. The minimum atomic E-state index is -0.536. The van der Waals surface area contributed by atoms with Crippen LogP contribution >= 0.6 is 22.9 Å². The number of amides is 1. The number of rotatable bonds is 2. The van der Waals surface area contributed by atoms with Crippen LogP contribution in [0, 0.1) is 18.8 Å². The van der Waals surface area contributed by atoms with Gasteiger partial charge < -0.3 is 4.74 Å². The van der Waals surface area contributed by atoms with Gasteiger partial charge in [0, 0.05) is 10.4 Å². The van der Waals surface area contributed by atoms with Crippen LogP contribution in [0.2, 0.25) is 5.02 Å². The van der Waals surface area contributed by atoms with E-state index in [0.717, 1.165) is 30.5 Å². The van der Waals surface area contributed by atoms with E-state index in [1.165, 1.54) is 11.3 Å². The van der Waals surface area contributed by atoms with Gasteiger partial charge in [-0.2, -0.15) is 0 Å². The van der Waals surface area contributed by atoms with Crippen molar-refractivity contribution in [2.75, 3.05) is 4.90 Å². The molecular weight excluding hydrogens is 408 g/mol. The van der Waals surface area contributed by atoms with Crippen LogP contribution in [0.4, 0.5) is 5.13 Å². The largest absolute Gasteiger partial charge is 0.483 e. The van der Waals surface area contributed by atoms with Crippen LogP contribution in [0.1, 0.15) is 43.5 Å². The fraction of sp³-hybridized carbons (Fsp3) is 0.409. The second-order valence-electron chi connectivity index (χ2n) is 8.19. The van der Waals surface area contributed by atoms with Crippen LogP contribution in [0.15, 0.2) is 41.0 Å². The summed E-state index contributed by atoms with van der Waals surface area (Å²) in [6, 6.07) is 6.76. The van der Waals surface area contributed by atoms with E-state index in [9.17, 15) is 9.59 Å². The van der Waals surface area contributed by atoms with Crippen molar-refractivity contribution in [3.05, 3.63) is 57.3 Å². The van der Waals surface area contributed by atoms with Gasteiger partial charge in [0.1, 0.15) is 6.10 Å². The number of anilines is 1. The summed E-state index contributed by atoms with van der Waals surface area (Å²) in [5.74, 6) is 0.276. The highest BCUT2D eigenvalue weighted by Gasteiger charge is 2.53. The van der Waals surface area contributed by atoms with Crippen LogP contribution in [0.3, 0.4) is 0 Å². The van der Waals surface area contributed by atoms with E-state index in [0.29, 0.717) is 21.6 Å². The highest BCUT2D eigenvalue weighted by molar-refractivity contribution is 7.14. The van der Waals surface area contributed by atoms with Gasteiger partial charge in [-0.15, -0.1) is 11.3 Å². The third-order valence-corrected chi connectivity index (χ3v) is 7.32. The van der Waals surface area contributed by atoms with Crippen molar-refractivity contribution < 1.29 is 14.3 Å². The number of halogens is 1. The van der Waals surface area contributed by atoms with Gasteiger partial charge in [0.25, 0.3) is 5.91 Å². The second-order valence-corrected chi connectivity index (χ2v) is 9.46. The Morgan fingerprint density at radius 3 is 2.66 bits per heavy atom. The van der Waals surface area contributed by atoms with Crippen molar-refractivity contribution in [2.24, 2.45) is 11.8 Å². The molecule has 2 aromatic rings. The third kappa shape index (κ3) is 3.01. The first kappa shape index (κ1) is 18.8. The maximum absolute atomic E-state index is 13.6. The molecule has 3 aliphatic rings.